The van der Waals surface area contributed by atoms with Gasteiger partial charge >= 0.3 is 0 Å². The van der Waals surface area contributed by atoms with Crippen LogP contribution < -0.4 is 0 Å². The molecule has 1 aromatic rings. The topological polar surface area (TPSA) is 3.24 Å². The van der Waals surface area contributed by atoms with E-state index in [0.717, 1.165) is 24.3 Å². The summed E-state index contributed by atoms with van der Waals surface area (Å²) in [6.45, 7) is 3.84. The lowest BCUT2D eigenvalue weighted by Gasteiger charge is -2.18. The van der Waals surface area contributed by atoms with E-state index >= 15 is 0 Å². The summed E-state index contributed by atoms with van der Waals surface area (Å²) in [6, 6.07) is 10.8. The number of alkyl halides is 1. The third-order valence-electron chi connectivity index (χ3n) is 3.87. The van der Waals surface area contributed by atoms with Gasteiger partial charge in [0.2, 0.25) is 0 Å². The van der Waals surface area contributed by atoms with Crippen LogP contribution in [0.1, 0.15) is 5.56 Å². The smallest absolute Gasteiger partial charge is 0.0233 e. The lowest BCUT2D eigenvalue weighted by molar-refractivity contribution is 0.283. The molecule has 1 aromatic carbocycles. The first-order valence-electron chi connectivity index (χ1n) is 5.70. The molecule has 1 saturated carbocycles. The number of hydrogen-bond donors (Lipinski definition) is 0. The maximum absolute atomic E-state index is 2.62. The van der Waals surface area contributed by atoms with Gasteiger partial charge in [0.1, 0.15) is 0 Å². The average Bonchev–Trinajstić information content (AvgIpc) is 2.75. The summed E-state index contributed by atoms with van der Waals surface area (Å²) in [4.78, 5) is 2.62. The normalized spacial score (nSPS) is 34.1. The molecule has 3 rings (SSSR count). The Bertz CT molecular complexity index is 326. The number of rotatable bonds is 3. The lowest BCUT2D eigenvalue weighted by Crippen LogP contribution is -2.24. The van der Waals surface area contributed by atoms with Gasteiger partial charge in [0.25, 0.3) is 0 Å². The largest absolute Gasteiger partial charge is 0.298 e. The predicted molar refractivity (Wildman–Crippen MR) is 71.1 cm³/mol. The van der Waals surface area contributed by atoms with Gasteiger partial charge in [-0.25, -0.2) is 0 Å². The van der Waals surface area contributed by atoms with E-state index in [1.165, 1.54) is 23.1 Å². The van der Waals surface area contributed by atoms with Crippen molar-refractivity contribution in [1.82, 2.24) is 4.90 Å². The second kappa shape index (κ2) is 4.06. The van der Waals surface area contributed by atoms with E-state index in [9.17, 15) is 0 Å². The van der Waals surface area contributed by atoms with Crippen LogP contribution in [0.2, 0.25) is 0 Å². The molecular formula is C13H16IN. The van der Waals surface area contributed by atoms with Crippen LogP contribution in [-0.4, -0.2) is 22.4 Å². The Morgan fingerprint density at radius 2 is 1.80 bits per heavy atom. The number of benzene rings is 1. The monoisotopic (exact) mass is 313 g/mol. The van der Waals surface area contributed by atoms with Crippen molar-refractivity contribution in [2.75, 3.05) is 17.5 Å². The minimum Gasteiger partial charge on any atom is -0.298 e. The molecule has 1 unspecified atom stereocenters. The summed E-state index contributed by atoms with van der Waals surface area (Å²) >= 11 is 2.54. The fourth-order valence-corrected chi connectivity index (χ4v) is 4.24. The summed E-state index contributed by atoms with van der Waals surface area (Å²) < 4.78 is 1.37. The van der Waals surface area contributed by atoms with Gasteiger partial charge < -0.3 is 0 Å². The molecule has 0 amide bonds. The van der Waals surface area contributed by atoms with Crippen LogP contribution >= 0.6 is 22.6 Å². The first-order valence-corrected chi connectivity index (χ1v) is 7.23. The fourth-order valence-electron chi connectivity index (χ4n) is 2.94. The summed E-state index contributed by atoms with van der Waals surface area (Å²) in [5.74, 6) is 3.12. The third kappa shape index (κ3) is 1.94. The second-order valence-corrected chi connectivity index (χ2v) is 5.71. The molecule has 1 saturated heterocycles. The highest BCUT2D eigenvalue weighted by molar-refractivity contribution is 14.1. The van der Waals surface area contributed by atoms with E-state index in [-0.39, 0.29) is 0 Å². The molecule has 3 atom stereocenters. The standard InChI is InChI=1S/C13H16IN/c14-6-11-12-8-15(9-13(11)12)7-10-4-2-1-3-5-10/h1-5,11-13H,6-9H2/t11?,12-,13+. The first kappa shape index (κ1) is 10.1. The van der Waals surface area contributed by atoms with Crippen LogP contribution in [0, 0.1) is 17.8 Å². The SMILES string of the molecule is ICC1[C@H]2CN(Cc3ccccc3)C[C@@H]12. The Labute approximate surface area is 105 Å². The lowest BCUT2D eigenvalue weighted by atomic mass is 10.2. The van der Waals surface area contributed by atoms with Gasteiger partial charge in [0.15, 0.2) is 0 Å². The van der Waals surface area contributed by atoms with Crippen LogP contribution in [0.5, 0.6) is 0 Å². The van der Waals surface area contributed by atoms with Crippen LogP contribution in [0.15, 0.2) is 30.3 Å². The molecule has 1 aliphatic heterocycles. The van der Waals surface area contributed by atoms with Gasteiger partial charge in [0.05, 0.1) is 0 Å². The van der Waals surface area contributed by atoms with Gasteiger partial charge in [-0.15, -0.1) is 0 Å². The molecule has 1 aliphatic carbocycles. The zero-order chi connectivity index (χ0) is 10.3. The van der Waals surface area contributed by atoms with Crippen molar-refractivity contribution in [3.05, 3.63) is 35.9 Å². The molecule has 0 bridgehead atoms. The van der Waals surface area contributed by atoms with Crippen molar-refractivity contribution in [1.29, 1.82) is 0 Å². The molecule has 15 heavy (non-hydrogen) atoms. The van der Waals surface area contributed by atoms with E-state index in [0.29, 0.717) is 0 Å². The number of hydrogen-bond acceptors (Lipinski definition) is 1. The van der Waals surface area contributed by atoms with Crippen molar-refractivity contribution < 1.29 is 0 Å². The molecule has 0 spiro atoms. The molecule has 80 valence electrons. The molecule has 0 aromatic heterocycles. The predicted octanol–water partition coefficient (Wildman–Crippen LogP) is 2.80. The third-order valence-corrected chi connectivity index (χ3v) is 4.89. The minimum absolute atomic E-state index is 1.03. The van der Waals surface area contributed by atoms with Crippen molar-refractivity contribution in [3.8, 4) is 0 Å². The highest BCUT2D eigenvalue weighted by Crippen LogP contribution is 2.52. The average molecular weight is 313 g/mol. The highest BCUT2D eigenvalue weighted by atomic mass is 127. The Morgan fingerprint density at radius 3 is 2.40 bits per heavy atom. The molecule has 0 radical (unpaired) electrons. The summed E-state index contributed by atoms with van der Waals surface area (Å²) in [5, 5.41) is 0. The number of halogens is 1. The highest BCUT2D eigenvalue weighted by Gasteiger charge is 2.54. The molecule has 1 nitrogen and oxygen atoms in total. The van der Waals surface area contributed by atoms with Crippen LogP contribution in [-0.2, 0) is 6.54 Å². The van der Waals surface area contributed by atoms with E-state index in [4.69, 9.17) is 0 Å². The van der Waals surface area contributed by atoms with Crippen LogP contribution in [0.3, 0.4) is 0 Å². The summed E-state index contributed by atoms with van der Waals surface area (Å²) in [5.41, 5.74) is 1.46. The van der Waals surface area contributed by atoms with Gasteiger partial charge in [-0.3, -0.25) is 4.90 Å². The van der Waals surface area contributed by atoms with Gasteiger partial charge in [-0.05, 0) is 23.3 Å². The summed E-state index contributed by atoms with van der Waals surface area (Å²) in [6.07, 6.45) is 0. The van der Waals surface area contributed by atoms with E-state index < -0.39 is 0 Å². The molecule has 2 fully saturated rings. The zero-order valence-corrected chi connectivity index (χ0v) is 10.9. The Hall–Kier alpha value is -0.0900. The van der Waals surface area contributed by atoms with Crippen molar-refractivity contribution in [3.63, 3.8) is 0 Å². The Balaban J connectivity index is 1.56. The van der Waals surface area contributed by atoms with Gasteiger partial charge in [0, 0.05) is 24.1 Å². The number of fused-ring (bicyclic) bond motifs is 1. The first-order chi connectivity index (χ1) is 7.38. The quantitative estimate of drug-likeness (QED) is 0.613. The molecular weight excluding hydrogens is 297 g/mol. The minimum atomic E-state index is 1.03. The number of likely N-dealkylation sites (tertiary alicyclic amines) is 1. The molecule has 1 heterocycles. The van der Waals surface area contributed by atoms with Crippen LogP contribution in [0.4, 0.5) is 0 Å². The van der Waals surface area contributed by atoms with Gasteiger partial charge in [-0.2, -0.15) is 0 Å². The Kier molecular flexibility index (Phi) is 2.73. The van der Waals surface area contributed by atoms with E-state index in [1.54, 1.807) is 0 Å². The maximum atomic E-state index is 2.62. The number of piperidine rings is 1. The van der Waals surface area contributed by atoms with E-state index in [2.05, 4.69) is 57.8 Å². The van der Waals surface area contributed by atoms with Crippen molar-refractivity contribution >= 4 is 22.6 Å². The fraction of sp³-hybridized carbons (Fsp3) is 0.538. The molecule has 2 aliphatic rings. The van der Waals surface area contributed by atoms with Crippen molar-refractivity contribution in [2.24, 2.45) is 17.8 Å². The maximum Gasteiger partial charge on any atom is 0.0233 e. The second-order valence-electron chi connectivity index (χ2n) is 4.83. The van der Waals surface area contributed by atoms with Crippen LogP contribution in [0.25, 0.3) is 0 Å². The van der Waals surface area contributed by atoms with Gasteiger partial charge in [-0.1, -0.05) is 52.9 Å². The zero-order valence-electron chi connectivity index (χ0n) is 8.77. The molecule has 2 heteroatoms. The molecule has 0 N–H and O–H groups in total. The van der Waals surface area contributed by atoms with E-state index in [1.807, 2.05) is 0 Å². The number of nitrogens with zero attached hydrogens (tertiary/aromatic N) is 1. The Morgan fingerprint density at radius 1 is 1.13 bits per heavy atom. The summed E-state index contributed by atoms with van der Waals surface area (Å²) in [7, 11) is 0. The van der Waals surface area contributed by atoms with Crippen molar-refractivity contribution in [2.45, 2.75) is 6.54 Å².